The number of rotatable bonds is 2. The summed E-state index contributed by atoms with van der Waals surface area (Å²) in [6, 6.07) is 5.52. The van der Waals surface area contributed by atoms with Crippen LogP contribution in [0.2, 0.25) is 0 Å². The van der Waals surface area contributed by atoms with Crippen LogP contribution in [0.1, 0.15) is 5.56 Å². The largest absolute Gasteiger partial charge is 0.249 e. The SMILES string of the molecule is N#Cc1ccnc(Sc2nccs2)c1. The molecule has 0 aliphatic rings. The van der Waals surface area contributed by atoms with Gasteiger partial charge < -0.3 is 0 Å². The van der Waals surface area contributed by atoms with Crippen molar-refractivity contribution in [2.45, 2.75) is 9.37 Å². The molecule has 0 aliphatic carbocycles. The minimum atomic E-state index is 0.624. The Bertz CT molecular complexity index is 459. The normalized spacial score (nSPS) is 9.64. The fraction of sp³-hybridized carbons (Fsp3) is 0. The first-order chi connectivity index (χ1) is 6.88. The first-order valence-corrected chi connectivity index (χ1v) is 5.51. The van der Waals surface area contributed by atoms with E-state index in [0.717, 1.165) is 9.37 Å². The average molecular weight is 219 g/mol. The third kappa shape index (κ3) is 2.10. The summed E-state index contributed by atoms with van der Waals surface area (Å²) in [5.41, 5.74) is 0.624. The second-order valence-corrected chi connectivity index (χ2v) is 4.56. The molecule has 0 saturated carbocycles. The van der Waals surface area contributed by atoms with Gasteiger partial charge in [0.15, 0.2) is 4.34 Å². The molecule has 2 rings (SSSR count). The van der Waals surface area contributed by atoms with E-state index in [1.165, 1.54) is 11.8 Å². The smallest absolute Gasteiger partial charge is 0.156 e. The van der Waals surface area contributed by atoms with Crippen LogP contribution in [0.25, 0.3) is 0 Å². The van der Waals surface area contributed by atoms with Crippen LogP contribution in [0.15, 0.2) is 39.3 Å². The van der Waals surface area contributed by atoms with Crippen molar-refractivity contribution in [1.82, 2.24) is 9.97 Å². The molecular formula is C9H5N3S2. The van der Waals surface area contributed by atoms with E-state index < -0.39 is 0 Å². The third-order valence-electron chi connectivity index (χ3n) is 1.47. The molecule has 0 spiro atoms. The Balaban J connectivity index is 2.22. The molecule has 0 saturated heterocycles. The molecule has 0 atom stereocenters. The molecule has 0 aliphatic heterocycles. The van der Waals surface area contributed by atoms with Crippen LogP contribution < -0.4 is 0 Å². The molecule has 0 fully saturated rings. The van der Waals surface area contributed by atoms with Crippen LogP contribution in [0, 0.1) is 11.3 Å². The molecule has 0 amide bonds. The minimum absolute atomic E-state index is 0.624. The molecule has 68 valence electrons. The van der Waals surface area contributed by atoms with Gasteiger partial charge in [0.2, 0.25) is 0 Å². The van der Waals surface area contributed by atoms with Crippen LogP contribution in [0.5, 0.6) is 0 Å². The molecule has 2 aromatic rings. The van der Waals surface area contributed by atoms with Gasteiger partial charge in [0.1, 0.15) is 5.03 Å². The minimum Gasteiger partial charge on any atom is -0.249 e. The van der Waals surface area contributed by atoms with E-state index in [4.69, 9.17) is 5.26 Å². The summed E-state index contributed by atoms with van der Waals surface area (Å²) in [6.45, 7) is 0. The van der Waals surface area contributed by atoms with Gasteiger partial charge in [-0.15, -0.1) is 11.3 Å². The summed E-state index contributed by atoms with van der Waals surface area (Å²) in [5, 5.41) is 11.4. The van der Waals surface area contributed by atoms with Crippen molar-refractivity contribution < 1.29 is 0 Å². The zero-order chi connectivity index (χ0) is 9.80. The van der Waals surface area contributed by atoms with Gasteiger partial charge >= 0.3 is 0 Å². The third-order valence-corrected chi connectivity index (χ3v) is 3.28. The quantitative estimate of drug-likeness (QED) is 0.778. The molecule has 0 radical (unpaired) electrons. The predicted octanol–water partition coefficient (Wildman–Crippen LogP) is 2.56. The van der Waals surface area contributed by atoms with Crippen molar-refractivity contribution in [1.29, 1.82) is 5.26 Å². The maximum Gasteiger partial charge on any atom is 0.156 e. The van der Waals surface area contributed by atoms with E-state index in [1.807, 2.05) is 5.38 Å². The molecule has 0 N–H and O–H groups in total. The lowest BCUT2D eigenvalue weighted by atomic mass is 10.3. The first kappa shape index (κ1) is 9.19. The van der Waals surface area contributed by atoms with Crippen molar-refractivity contribution in [3.63, 3.8) is 0 Å². The molecule has 5 heteroatoms. The fourth-order valence-corrected chi connectivity index (χ4v) is 2.45. The van der Waals surface area contributed by atoms with Crippen molar-refractivity contribution in [3.05, 3.63) is 35.5 Å². The Morgan fingerprint density at radius 3 is 3.00 bits per heavy atom. The molecule has 2 heterocycles. The lowest BCUT2D eigenvalue weighted by Crippen LogP contribution is -1.81. The summed E-state index contributed by atoms with van der Waals surface area (Å²) in [6.07, 6.45) is 3.38. The molecule has 14 heavy (non-hydrogen) atoms. The summed E-state index contributed by atoms with van der Waals surface area (Å²) in [7, 11) is 0. The van der Waals surface area contributed by atoms with Crippen molar-refractivity contribution in [3.8, 4) is 6.07 Å². The second-order valence-electron chi connectivity index (χ2n) is 2.39. The maximum atomic E-state index is 8.69. The maximum absolute atomic E-state index is 8.69. The number of hydrogen-bond donors (Lipinski definition) is 0. The van der Waals surface area contributed by atoms with Crippen LogP contribution in [0.3, 0.4) is 0 Å². The Hall–Kier alpha value is -1.38. The van der Waals surface area contributed by atoms with Gasteiger partial charge in [-0.2, -0.15) is 5.26 Å². The lowest BCUT2D eigenvalue weighted by Gasteiger charge is -1.95. The van der Waals surface area contributed by atoms with E-state index in [9.17, 15) is 0 Å². The number of thiazole rings is 1. The van der Waals surface area contributed by atoms with Crippen LogP contribution in [-0.4, -0.2) is 9.97 Å². The molecule has 0 unspecified atom stereocenters. The van der Waals surface area contributed by atoms with Crippen molar-refractivity contribution in [2.24, 2.45) is 0 Å². The first-order valence-electron chi connectivity index (χ1n) is 3.82. The summed E-state index contributed by atoms with van der Waals surface area (Å²) >= 11 is 3.03. The number of nitriles is 1. The van der Waals surface area contributed by atoms with Crippen LogP contribution in [-0.2, 0) is 0 Å². The van der Waals surface area contributed by atoms with Gasteiger partial charge in [0.05, 0.1) is 11.6 Å². The Labute approximate surface area is 89.4 Å². The Kier molecular flexibility index (Phi) is 2.77. The summed E-state index contributed by atoms with van der Waals surface area (Å²) < 4.78 is 0.938. The highest BCUT2D eigenvalue weighted by molar-refractivity contribution is 8.00. The highest BCUT2D eigenvalue weighted by atomic mass is 32.2. The average Bonchev–Trinajstić information content (AvgIpc) is 2.71. The van der Waals surface area contributed by atoms with E-state index >= 15 is 0 Å². The van der Waals surface area contributed by atoms with Gasteiger partial charge in [-0.25, -0.2) is 9.97 Å². The van der Waals surface area contributed by atoms with Gasteiger partial charge in [0, 0.05) is 17.8 Å². The van der Waals surface area contributed by atoms with Gasteiger partial charge in [-0.3, -0.25) is 0 Å². The number of pyridine rings is 1. The number of aromatic nitrogens is 2. The fourth-order valence-electron chi connectivity index (χ4n) is 0.885. The van der Waals surface area contributed by atoms with Crippen molar-refractivity contribution in [2.75, 3.05) is 0 Å². The molecule has 3 nitrogen and oxygen atoms in total. The van der Waals surface area contributed by atoms with Crippen LogP contribution >= 0.6 is 23.1 Å². The standard InChI is InChI=1S/C9H5N3S2/c10-6-7-1-2-11-8(5-7)14-9-12-3-4-13-9/h1-5H. The van der Waals surface area contributed by atoms with E-state index in [1.54, 1.807) is 35.9 Å². The molecular weight excluding hydrogens is 214 g/mol. The van der Waals surface area contributed by atoms with Gasteiger partial charge in [-0.1, -0.05) is 0 Å². The molecule has 0 aromatic carbocycles. The van der Waals surface area contributed by atoms with Gasteiger partial charge in [-0.05, 0) is 23.9 Å². The highest BCUT2D eigenvalue weighted by Gasteiger charge is 2.01. The van der Waals surface area contributed by atoms with E-state index in [0.29, 0.717) is 5.56 Å². The predicted molar refractivity (Wildman–Crippen MR) is 55.2 cm³/mol. The molecule has 2 aromatic heterocycles. The summed E-state index contributed by atoms with van der Waals surface area (Å²) in [5.74, 6) is 0. The molecule has 0 bridgehead atoms. The summed E-state index contributed by atoms with van der Waals surface area (Å²) in [4.78, 5) is 8.27. The zero-order valence-electron chi connectivity index (χ0n) is 7.04. The van der Waals surface area contributed by atoms with E-state index in [-0.39, 0.29) is 0 Å². The Morgan fingerprint density at radius 1 is 1.36 bits per heavy atom. The second kappa shape index (κ2) is 4.22. The van der Waals surface area contributed by atoms with Crippen LogP contribution in [0.4, 0.5) is 0 Å². The number of nitrogens with zero attached hydrogens (tertiary/aromatic N) is 3. The van der Waals surface area contributed by atoms with Crippen molar-refractivity contribution >= 4 is 23.1 Å². The highest BCUT2D eigenvalue weighted by Crippen LogP contribution is 2.27. The van der Waals surface area contributed by atoms with Gasteiger partial charge in [0.25, 0.3) is 0 Å². The van der Waals surface area contributed by atoms with E-state index in [2.05, 4.69) is 16.0 Å². The topological polar surface area (TPSA) is 49.6 Å². The Morgan fingerprint density at radius 2 is 2.29 bits per heavy atom. The number of hydrogen-bond acceptors (Lipinski definition) is 5. The monoisotopic (exact) mass is 219 g/mol. The lowest BCUT2D eigenvalue weighted by molar-refractivity contribution is 1.12. The zero-order valence-corrected chi connectivity index (χ0v) is 8.68.